The van der Waals surface area contributed by atoms with Crippen molar-refractivity contribution in [2.24, 2.45) is 0 Å². The summed E-state index contributed by atoms with van der Waals surface area (Å²) in [6.45, 7) is 0. The van der Waals surface area contributed by atoms with Gasteiger partial charge in [0.05, 0.1) is 0 Å². The van der Waals surface area contributed by atoms with Crippen LogP contribution in [0.3, 0.4) is 0 Å². The van der Waals surface area contributed by atoms with E-state index in [1.54, 1.807) is 18.2 Å². The van der Waals surface area contributed by atoms with Crippen LogP contribution < -0.4 is 9.47 Å². The first kappa shape index (κ1) is 12.7. The molecule has 2 aromatic rings. The van der Waals surface area contributed by atoms with E-state index in [4.69, 9.17) is 32.7 Å². The Bertz CT molecular complexity index is 625. The molecule has 0 fully saturated rings. The van der Waals surface area contributed by atoms with Gasteiger partial charge < -0.3 is 9.47 Å². The fraction of sp³-hybridized carbons (Fsp3) is 0. The van der Waals surface area contributed by atoms with Gasteiger partial charge in [0.1, 0.15) is 0 Å². The summed E-state index contributed by atoms with van der Waals surface area (Å²) < 4.78 is 9.60. The lowest BCUT2D eigenvalue weighted by Gasteiger charge is -2.10. The van der Waals surface area contributed by atoms with Crippen LogP contribution >= 0.6 is 23.2 Å². The minimum absolute atomic E-state index is 0.0303. The van der Waals surface area contributed by atoms with Crippen LogP contribution in [-0.4, -0.2) is 10.9 Å². The highest BCUT2D eigenvalue weighted by Crippen LogP contribution is 2.36. The lowest BCUT2D eigenvalue weighted by molar-refractivity contribution is 0.216. The fourth-order valence-electron chi connectivity index (χ4n) is 1.58. The Morgan fingerprint density at radius 1 is 0.889 bits per heavy atom. The number of hydrogen-bond donors (Lipinski definition) is 0. The van der Waals surface area contributed by atoms with Crippen LogP contribution in [0, 0.1) is 0 Å². The summed E-state index contributed by atoms with van der Waals surface area (Å²) in [5.74, 6) is 0.0878. The van der Waals surface area contributed by atoms with Gasteiger partial charge in [0, 0.05) is 28.6 Å². The van der Waals surface area contributed by atoms with Crippen LogP contribution in [0.2, 0.25) is 0 Å². The average Bonchev–Trinajstić information content (AvgIpc) is 2.31. The van der Waals surface area contributed by atoms with Gasteiger partial charge in [-0.1, -0.05) is 30.3 Å². The van der Waals surface area contributed by atoms with Crippen LogP contribution in [0.15, 0.2) is 36.4 Å². The standard InChI is InChI=1S/C12H6Cl2O4/c13-11(15)17-9-6-5-7-3-1-2-4-8(7)10(9)18-12(14)16/h1-6H. The van der Waals surface area contributed by atoms with Gasteiger partial charge in [0.15, 0.2) is 11.5 Å². The molecule has 2 aromatic carbocycles. The zero-order chi connectivity index (χ0) is 13.1. The number of rotatable bonds is 2. The third kappa shape index (κ3) is 2.72. The number of carbonyl (C=O) groups excluding carboxylic acids is 2. The second-order valence-corrected chi connectivity index (χ2v) is 3.91. The second-order valence-electron chi connectivity index (χ2n) is 3.29. The Labute approximate surface area is 112 Å². The second kappa shape index (κ2) is 5.25. The summed E-state index contributed by atoms with van der Waals surface area (Å²) in [5, 5.41) is 1.39. The first-order valence-corrected chi connectivity index (χ1v) is 5.60. The molecule has 0 saturated heterocycles. The molecule has 2 rings (SSSR count). The number of fused-ring (bicyclic) bond motifs is 1. The normalized spacial score (nSPS) is 10.1. The zero-order valence-electron chi connectivity index (χ0n) is 8.85. The highest BCUT2D eigenvalue weighted by molar-refractivity contribution is 6.62. The van der Waals surface area contributed by atoms with Crippen LogP contribution in [0.4, 0.5) is 9.59 Å². The molecule has 0 spiro atoms. The van der Waals surface area contributed by atoms with Crippen molar-refractivity contribution in [3.63, 3.8) is 0 Å². The fourth-order valence-corrected chi connectivity index (χ4v) is 1.74. The summed E-state index contributed by atoms with van der Waals surface area (Å²) in [7, 11) is 0. The van der Waals surface area contributed by atoms with Gasteiger partial charge in [-0.2, -0.15) is 0 Å². The molecule has 0 radical (unpaired) electrons. The molecule has 0 atom stereocenters. The van der Waals surface area contributed by atoms with E-state index >= 15 is 0 Å². The molecule has 0 unspecified atom stereocenters. The molecule has 0 aliphatic carbocycles. The van der Waals surface area contributed by atoms with Crippen molar-refractivity contribution in [1.29, 1.82) is 0 Å². The third-order valence-corrected chi connectivity index (χ3v) is 2.37. The van der Waals surface area contributed by atoms with Crippen LogP contribution in [0.1, 0.15) is 0 Å². The van der Waals surface area contributed by atoms with Gasteiger partial charge in [-0.3, -0.25) is 0 Å². The molecule has 92 valence electrons. The number of carbonyl (C=O) groups is 2. The predicted molar refractivity (Wildman–Crippen MR) is 67.7 cm³/mol. The van der Waals surface area contributed by atoms with Crippen molar-refractivity contribution in [3.05, 3.63) is 36.4 Å². The average molecular weight is 285 g/mol. The lowest BCUT2D eigenvalue weighted by Crippen LogP contribution is -2.03. The number of benzene rings is 2. The summed E-state index contributed by atoms with van der Waals surface area (Å²) in [6.07, 6.45) is 0. The molecule has 0 amide bonds. The van der Waals surface area contributed by atoms with E-state index in [0.717, 1.165) is 5.39 Å². The first-order chi connectivity index (χ1) is 8.58. The van der Waals surface area contributed by atoms with Crippen molar-refractivity contribution in [1.82, 2.24) is 0 Å². The minimum atomic E-state index is -1.03. The Morgan fingerprint density at radius 2 is 1.56 bits per heavy atom. The quantitative estimate of drug-likeness (QED) is 0.771. The summed E-state index contributed by atoms with van der Waals surface area (Å²) in [6, 6.07) is 10.3. The van der Waals surface area contributed by atoms with Crippen LogP contribution in [0.25, 0.3) is 10.8 Å². The molecule has 4 nitrogen and oxygen atoms in total. The maximum atomic E-state index is 10.9. The van der Waals surface area contributed by atoms with Crippen LogP contribution in [0.5, 0.6) is 11.5 Å². The highest BCUT2D eigenvalue weighted by atomic mass is 35.5. The van der Waals surface area contributed by atoms with Gasteiger partial charge in [-0.05, 0) is 11.5 Å². The van der Waals surface area contributed by atoms with E-state index in [1.807, 2.05) is 12.1 Å². The van der Waals surface area contributed by atoms with Crippen molar-refractivity contribution in [2.45, 2.75) is 0 Å². The van der Waals surface area contributed by atoms with E-state index in [2.05, 4.69) is 0 Å². The molecule has 0 aliphatic heterocycles. The minimum Gasteiger partial charge on any atom is -0.410 e. The highest BCUT2D eigenvalue weighted by Gasteiger charge is 2.15. The molecule has 18 heavy (non-hydrogen) atoms. The van der Waals surface area contributed by atoms with E-state index in [0.29, 0.717) is 5.39 Å². The molecule has 0 saturated carbocycles. The van der Waals surface area contributed by atoms with E-state index in [9.17, 15) is 9.59 Å². The Morgan fingerprint density at radius 3 is 2.22 bits per heavy atom. The zero-order valence-corrected chi connectivity index (χ0v) is 10.4. The summed E-state index contributed by atoms with van der Waals surface area (Å²) >= 11 is 10.3. The van der Waals surface area contributed by atoms with Crippen molar-refractivity contribution in [2.75, 3.05) is 0 Å². The van der Waals surface area contributed by atoms with Gasteiger partial charge >= 0.3 is 10.9 Å². The van der Waals surface area contributed by atoms with Gasteiger partial charge in [-0.25, -0.2) is 9.59 Å². The van der Waals surface area contributed by atoms with E-state index in [1.165, 1.54) is 6.07 Å². The molecular weight excluding hydrogens is 279 g/mol. The number of hydrogen-bond acceptors (Lipinski definition) is 4. The summed E-state index contributed by atoms with van der Waals surface area (Å²) in [4.78, 5) is 21.6. The monoisotopic (exact) mass is 284 g/mol. The molecule has 0 aromatic heterocycles. The number of halogens is 2. The van der Waals surface area contributed by atoms with E-state index < -0.39 is 10.9 Å². The maximum Gasteiger partial charge on any atom is 0.409 e. The maximum absolute atomic E-state index is 10.9. The van der Waals surface area contributed by atoms with Crippen LogP contribution in [-0.2, 0) is 0 Å². The predicted octanol–water partition coefficient (Wildman–Crippen LogP) is 4.32. The Hall–Kier alpha value is -1.78. The first-order valence-electron chi connectivity index (χ1n) is 4.84. The van der Waals surface area contributed by atoms with Gasteiger partial charge in [0.2, 0.25) is 0 Å². The van der Waals surface area contributed by atoms with Gasteiger partial charge in [0.25, 0.3) is 0 Å². The van der Waals surface area contributed by atoms with Crippen molar-refractivity contribution >= 4 is 44.8 Å². The van der Waals surface area contributed by atoms with E-state index in [-0.39, 0.29) is 11.5 Å². The summed E-state index contributed by atoms with van der Waals surface area (Å²) in [5.41, 5.74) is -2.06. The molecule has 0 bridgehead atoms. The molecule has 0 N–H and O–H groups in total. The third-order valence-electron chi connectivity index (χ3n) is 2.22. The number of ether oxygens (including phenoxy) is 2. The van der Waals surface area contributed by atoms with Gasteiger partial charge in [-0.15, -0.1) is 0 Å². The lowest BCUT2D eigenvalue weighted by atomic mass is 10.1. The van der Waals surface area contributed by atoms with Crippen molar-refractivity contribution < 1.29 is 19.1 Å². The topological polar surface area (TPSA) is 52.6 Å². The molecule has 0 heterocycles. The van der Waals surface area contributed by atoms with Crippen molar-refractivity contribution in [3.8, 4) is 11.5 Å². The Kier molecular flexibility index (Phi) is 3.69. The SMILES string of the molecule is O=C(Cl)Oc1ccc2ccccc2c1OC(=O)Cl. The Balaban J connectivity index is 2.62. The molecular formula is C12H6Cl2O4. The smallest absolute Gasteiger partial charge is 0.409 e. The molecule has 0 aliphatic rings. The largest absolute Gasteiger partial charge is 0.410 e. The molecule has 6 heteroatoms.